The number of primary sulfonamides is 1. The fourth-order valence-corrected chi connectivity index (χ4v) is 2.95. The second kappa shape index (κ2) is 6.85. The number of nitrogens with two attached hydrogens (primary N) is 1. The molecule has 1 aliphatic heterocycles. The molecule has 0 spiro atoms. The van der Waals surface area contributed by atoms with Crippen LogP contribution in [0.5, 0.6) is 0 Å². The number of nitrogens with one attached hydrogen (secondary N) is 1. The lowest BCUT2D eigenvalue weighted by Gasteiger charge is -2.31. The van der Waals surface area contributed by atoms with Gasteiger partial charge in [-0.15, -0.1) is 0 Å². The maximum absolute atomic E-state index is 11.4. The molecule has 118 valence electrons. The second-order valence-electron chi connectivity index (χ2n) is 5.50. The minimum Gasteiger partial charge on any atom is -0.374 e. The molecule has 1 heterocycles. The largest absolute Gasteiger partial charge is 0.374 e. The fraction of sp³-hybridized carbons (Fsp3) is 0.571. The minimum atomic E-state index is -3.66. The van der Waals surface area contributed by atoms with Crippen molar-refractivity contribution in [2.45, 2.75) is 24.0 Å². The highest BCUT2D eigenvalue weighted by atomic mass is 32.2. The maximum Gasteiger partial charge on any atom is 0.238 e. The van der Waals surface area contributed by atoms with Crippen LogP contribution in [0.25, 0.3) is 0 Å². The van der Waals surface area contributed by atoms with E-state index in [2.05, 4.69) is 17.3 Å². The summed E-state index contributed by atoms with van der Waals surface area (Å²) in [5, 5.41) is 8.54. The average Bonchev–Trinajstić information content (AvgIpc) is 2.44. The van der Waals surface area contributed by atoms with E-state index in [1.54, 1.807) is 12.1 Å². The van der Waals surface area contributed by atoms with Gasteiger partial charge in [0.2, 0.25) is 10.0 Å². The molecule has 0 amide bonds. The van der Waals surface area contributed by atoms with Gasteiger partial charge in [-0.1, -0.05) is 12.1 Å². The zero-order valence-electron chi connectivity index (χ0n) is 12.5. The number of likely N-dealkylation sites (N-methyl/N-ethyl adjacent to an activating group) is 1. The summed E-state index contributed by atoms with van der Waals surface area (Å²) < 4.78 is 28.5. The normalized spacial score (nSPS) is 22.1. The van der Waals surface area contributed by atoms with Crippen molar-refractivity contribution in [3.05, 3.63) is 29.8 Å². The zero-order valence-corrected chi connectivity index (χ0v) is 13.3. The van der Waals surface area contributed by atoms with E-state index in [9.17, 15) is 8.42 Å². The van der Waals surface area contributed by atoms with Crippen molar-refractivity contribution in [1.29, 1.82) is 0 Å². The van der Waals surface area contributed by atoms with Gasteiger partial charge in [0.25, 0.3) is 0 Å². The molecule has 2 unspecified atom stereocenters. The van der Waals surface area contributed by atoms with Gasteiger partial charge in [0.05, 0.1) is 17.6 Å². The highest BCUT2D eigenvalue weighted by Gasteiger charge is 2.18. The number of hydrogen-bond acceptors (Lipinski definition) is 5. The molecule has 1 aliphatic rings. The molecule has 0 aromatic heterocycles. The molecule has 3 N–H and O–H groups in total. The Morgan fingerprint density at radius 3 is 2.95 bits per heavy atom. The Hall–Kier alpha value is -0.990. The second-order valence-corrected chi connectivity index (χ2v) is 7.06. The van der Waals surface area contributed by atoms with E-state index in [1.165, 1.54) is 6.07 Å². The van der Waals surface area contributed by atoms with Gasteiger partial charge in [0.1, 0.15) is 0 Å². The summed E-state index contributed by atoms with van der Waals surface area (Å²) in [4.78, 5) is 2.38. The van der Waals surface area contributed by atoms with Gasteiger partial charge >= 0.3 is 0 Å². The highest BCUT2D eigenvalue weighted by Crippen LogP contribution is 2.17. The number of hydrogen-bond donors (Lipinski definition) is 2. The molecular weight excluding hydrogens is 290 g/mol. The molecule has 2 rings (SSSR count). The lowest BCUT2D eigenvalue weighted by Crippen LogP contribution is -2.45. The lowest BCUT2D eigenvalue weighted by molar-refractivity contribution is -0.0190. The Morgan fingerprint density at radius 1 is 1.52 bits per heavy atom. The van der Waals surface area contributed by atoms with Crippen molar-refractivity contribution >= 4 is 10.0 Å². The summed E-state index contributed by atoms with van der Waals surface area (Å²) >= 11 is 0. The highest BCUT2D eigenvalue weighted by molar-refractivity contribution is 7.89. The molecule has 0 bridgehead atoms. The van der Waals surface area contributed by atoms with Crippen LogP contribution in [0.3, 0.4) is 0 Å². The summed E-state index contributed by atoms with van der Waals surface area (Å²) in [6, 6.07) is 6.74. The first-order chi connectivity index (χ1) is 9.86. The Kier molecular flexibility index (Phi) is 5.34. The first-order valence-corrected chi connectivity index (χ1v) is 8.57. The Labute approximate surface area is 126 Å². The van der Waals surface area contributed by atoms with Gasteiger partial charge in [-0.3, -0.25) is 0 Å². The monoisotopic (exact) mass is 313 g/mol. The third-order valence-corrected chi connectivity index (χ3v) is 4.59. The van der Waals surface area contributed by atoms with Crippen molar-refractivity contribution < 1.29 is 13.2 Å². The summed E-state index contributed by atoms with van der Waals surface area (Å²) in [6.45, 7) is 5.33. The number of morpholine rings is 1. The van der Waals surface area contributed by atoms with Crippen LogP contribution >= 0.6 is 0 Å². The van der Waals surface area contributed by atoms with E-state index in [-0.39, 0.29) is 17.0 Å². The first-order valence-electron chi connectivity index (χ1n) is 7.02. The predicted octanol–water partition coefficient (Wildman–Crippen LogP) is 0.315. The average molecular weight is 313 g/mol. The standard InChI is InChI=1S/C14H23N3O3S/c1-11(16-9-13-10-17(2)6-7-20-13)12-4-3-5-14(8-12)21(15,18)19/h3-5,8,11,13,16H,6-7,9-10H2,1-2H3,(H2,15,18,19). The van der Waals surface area contributed by atoms with E-state index in [0.717, 1.165) is 31.8 Å². The van der Waals surface area contributed by atoms with E-state index >= 15 is 0 Å². The first kappa shape index (κ1) is 16.4. The van der Waals surface area contributed by atoms with Crippen LogP contribution in [0.15, 0.2) is 29.2 Å². The number of benzene rings is 1. The number of sulfonamides is 1. The molecule has 0 saturated carbocycles. The smallest absolute Gasteiger partial charge is 0.238 e. The minimum absolute atomic E-state index is 0.0301. The topological polar surface area (TPSA) is 84.7 Å². The number of rotatable bonds is 5. The number of ether oxygens (including phenoxy) is 1. The van der Waals surface area contributed by atoms with Crippen LogP contribution in [-0.2, 0) is 14.8 Å². The SMILES string of the molecule is CC(NCC1CN(C)CCO1)c1cccc(S(N)(=O)=O)c1. The van der Waals surface area contributed by atoms with Crippen molar-refractivity contribution in [2.24, 2.45) is 5.14 Å². The van der Waals surface area contributed by atoms with E-state index in [4.69, 9.17) is 9.88 Å². The van der Waals surface area contributed by atoms with Crippen LogP contribution in [-0.4, -0.2) is 52.7 Å². The van der Waals surface area contributed by atoms with Gasteiger partial charge in [-0.25, -0.2) is 13.6 Å². The third kappa shape index (κ3) is 4.76. The molecule has 7 heteroatoms. The molecule has 0 radical (unpaired) electrons. The molecule has 2 atom stereocenters. The van der Waals surface area contributed by atoms with E-state index in [0.29, 0.717) is 0 Å². The predicted molar refractivity (Wildman–Crippen MR) is 81.5 cm³/mol. The van der Waals surface area contributed by atoms with Gasteiger partial charge in [0.15, 0.2) is 0 Å². The van der Waals surface area contributed by atoms with Gasteiger partial charge in [-0.2, -0.15) is 0 Å². The van der Waals surface area contributed by atoms with Gasteiger partial charge < -0.3 is 15.0 Å². The van der Waals surface area contributed by atoms with Crippen molar-refractivity contribution in [2.75, 3.05) is 33.3 Å². The summed E-state index contributed by atoms with van der Waals surface area (Å²) in [6.07, 6.45) is 0.160. The molecule has 1 aromatic rings. The van der Waals surface area contributed by atoms with Gasteiger partial charge in [0, 0.05) is 25.7 Å². The molecular formula is C14H23N3O3S. The van der Waals surface area contributed by atoms with Crippen LogP contribution in [0.2, 0.25) is 0 Å². The molecule has 1 saturated heterocycles. The fourth-order valence-electron chi connectivity index (χ4n) is 2.38. The summed E-state index contributed by atoms with van der Waals surface area (Å²) in [5.41, 5.74) is 0.894. The molecule has 21 heavy (non-hydrogen) atoms. The van der Waals surface area contributed by atoms with Crippen LogP contribution in [0, 0.1) is 0 Å². The Morgan fingerprint density at radius 2 is 2.29 bits per heavy atom. The van der Waals surface area contributed by atoms with Crippen LogP contribution in [0.4, 0.5) is 0 Å². The van der Waals surface area contributed by atoms with Crippen molar-refractivity contribution in [3.8, 4) is 0 Å². The van der Waals surface area contributed by atoms with Crippen LogP contribution in [0.1, 0.15) is 18.5 Å². The molecule has 0 aliphatic carbocycles. The summed E-state index contributed by atoms with van der Waals surface area (Å²) in [5.74, 6) is 0. The third-order valence-electron chi connectivity index (χ3n) is 3.68. The zero-order chi connectivity index (χ0) is 15.5. The summed E-state index contributed by atoms with van der Waals surface area (Å²) in [7, 11) is -1.58. The maximum atomic E-state index is 11.4. The molecule has 6 nitrogen and oxygen atoms in total. The number of nitrogens with zero attached hydrogens (tertiary/aromatic N) is 1. The van der Waals surface area contributed by atoms with E-state index in [1.807, 2.05) is 13.0 Å². The lowest BCUT2D eigenvalue weighted by atomic mass is 10.1. The Bertz CT molecular complexity index is 577. The Balaban J connectivity index is 1.95. The molecule has 1 aromatic carbocycles. The van der Waals surface area contributed by atoms with Crippen LogP contribution < -0.4 is 10.5 Å². The van der Waals surface area contributed by atoms with Crippen molar-refractivity contribution in [3.63, 3.8) is 0 Å². The van der Waals surface area contributed by atoms with Gasteiger partial charge in [-0.05, 0) is 31.7 Å². The van der Waals surface area contributed by atoms with Crippen molar-refractivity contribution in [1.82, 2.24) is 10.2 Å². The quantitative estimate of drug-likeness (QED) is 0.817. The molecule has 1 fully saturated rings. The van der Waals surface area contributed by atoms with E-state index < -0.39 is 10.0 Å².